The van der Waals surface area contributed by atoms with Gasteiger partial charge in [-0.15, -0.1) is 0 Å². The van der Waals surface area contributed by atoms with Gasteiger partial charge in [0.15, 0.2) is 0 Å². The number of fused-ring (bicyclic) bond motifs is 1. The van der Waals surface area contributed by atoms with Crippen molar-refractivity contribution in [3.8, 4) is 0 Å². The van der Waals surface area contributed by atoms with E-state index in [1.165, 1.54) is 22.0 Å². The molecule has 1 fully saturated rings. The van der Waals surface area contributed by atoms with Crippen LogP contribution in [-0.2, 0) is 27.7 Å². The van der Waals surface area contributed by atoms with Gasteiger partial charge in [-0.25, -0.2) is 13.2 Å². The lowest BCUT2D eigenvalue weighted by Gasteiger charge is -2.35. The molecule has 0 aliphatic carbocycles. The number of hydrogen-bond acceptors (Lipinski definition) is 5. The first-order chi connectivity index (χ1) is 17.9. The summed E-state index contributed by atoms with van der Waals surface area (Å²) >= 11 is 5.96. The van der Waals surface area contributed by atoms with Crippen LogP contribution in [0.25, 0.3) is 0 Å². The van der Waals surface area contributed by atoms with Crippen LogP contribution >= 0.6 is 11.6 Å². The average Bonchev–Trinajstić information content (AvgIpc) is 2.90. The predicted molar refractivity (Wildman–Crippen MR) is 144 cm³/mol. The van der Waals surface area contributed by atoms with Gasteiger partial charge in [0.05, 0.1) is 17.1 Å². The number of carbonyl (C=O) groups is 1. The molecule has 5 rings (SSSR count). The van der Waals surface area contributed by atoms with Gasteiger partial charge in [-0.05, 0) is 54.3 Å². The molecule has 0 unspecified atom stereocenters. The van der Waals surface area contributed by atoms with Crippen molar-refractivity contribution in [3.05, 3.63) is 95.0 Å². The van der Waals surface area contributed by atoms with E-state index in [-0.39, 0.29) is 17.5 Å². The minimum atomic E-state index is -3.86. The van der Waals surface area contributed by atoms with E-state index < -0.39 is 22.2 Å². The fourth-order valence-electron chi connectivity index (χ4n) is 4.99. The van der Waals surface area contributed by atoms with Crippen molar-refractivity contribution < 1.29 is 17.9 Å². The fraction of sp³-hybridized carbons (Fsp3) is 0.321. The molecule has 0 spiro atoms. The Bertz CT molecular complexity index is 1330. The Labute approximate surface area is 223 Å². The van der Waals surface area contributed by atoms with Crippen molar-refractivity contribution >= 4 is 33.4 Å². The van der Waals surface area contributed by atoms with Crippen LogP contribution in [0, 0.1) is 0 Å². The topological polar surface area (TPSA) is 79.0 Å². The number of rotatable bonds is 6. The van der Waals surface area contributed by atoms with E-state index in [0.29, 0.717) is 17.1 Å². The van der Waals surface area contributed by atoms with Crippen LogP contribution in [0.4, 0.5) is 10.5 Å². The number of likely N-dealkylation sites (tertiary alicyclic amines) is 1. The van der Waals surface area contributed by atoms with E-state index in [2.05, 4.69) is 22.3 Å². The number of sulfonamides is 1. The molecule has 0 bridgehead atoms. The van der Waals surface area contributed by atoms with E-state index >= 15 is 0 Å². The van der Waals surface area contributed by atoms with Crippen molar-refractivity contribution in [3.63, 3.8) is 0 Å². The van der Waals surface area contributed by atoms with Crippen molar-refractivity contribution in [1.82, 2.24) is 10.2 Å². The first-order valence-electron chi connectivity index (χ1n) is 12.5. The van der Waals surface area contributed by atoms with Gasteiger partial charge in [-0.2, -0.15) is 0 Å². The summed E-state index contributed by atoms with van der Waals surface area (Å²) in [7, 11) is -3.86. The first kappa shape index (κ1) is 25.6. The van der Waals surface area contributed by atoms with Crippen LogP contribution in [-0.4, -0.2) is 51.2 Å². The molecule has 3 aromatic carbocycles. The Morgan fingerprint density at radius 3 is 2.35 bits per heavy atom. The van der Waals surface area contributed by atoms with Crippen molar-refractivity contribution in [2.75, 3.05) is 23.9 Å². The highest BCUT2D eigenvalue weighted by atomic mass is 35.5. The molecule has 1 saturated heterocycles. The standard InChI is InChI=1S/C28H30ClN3O4S/c29-23-10-12-26(13-11-23)37(34,35)32-20-25(18-22-8-4-5-9-27(22)32)36-28(33)30-24-14-16-31(17-15-24)19-21-6-2-1-3-7-21/h1-13,24-25H,14-20H2,(H,30,33)/t25-/m1/s1. The van der Waals surface area contributed by atoms with Gasteiger partial charge in [0.2, 0.25) is 0 Å². The van der Waals surface area contributed by atoms with Crippen LogP contribution in [0.2, 0.25) is 5.02 Å². The number of nitrogens with zero attached hydrogens (tertiary/aromatic N) is 2. The summed E-state index contributed by atoms with van der Waals surface area (Å²) in [5.74, 6) is 0. The highest BCUT2D eigenvalue weighted by molar-refractivity contribution is 7.92. The molecule has 2 aliphatic rings. The van der Waals surface area contributed by atoms with Gasteiger partial charge in [0.1, 0.15) is 6.10 Å². The lowest BCUT2D eigenvalue weighted by Crippen LogP contribution is -2.48. The van der Waals surface area contributed by atoms with Crippen LogP contribution in [0.15, 0.2) is 83.8 Å². The molecule has 1 amide bonds. The van der Waals surface area contributed by atoms with Crippen molar-refractivity contribution in [2.45, 2.75) is 42.8 Å². The Balaban J connectivity index is 1.21. The Kier molecular flexibility index (Phi) is 7.69. The quantitative estimate of drug-likeness (QED) is 0.484. The van der Waals surface area contributed by atoms with E-state index in [1.54, 1.807) is 24.3 Å². The molecule has 9 heteroatoms. The van der Waals surface area contributed by atoms with Crippen LogP contribution in [0.1, 0.15) is 24.0 Å². The molecule has 1 atom stereocenters. The zero-order valence-corrected chi connectivity index (χ0v) is 22.0. The lowest BCUT2D eigenvalue weighted by molar-refractivity contribution is 0.0918. The smallest absolute Gasteiger partial charge is 0.407 e. The Hall–Kier alpha value is -3.07. The molecule has 37 heavy (non-hydrogen) atoms. The highest BCUT2D eigenvalue weighted by Gasteiger charge is 2.35. The maximum Gasteiger partial charge on any atom is 0.407 e. The summed E-state index contributed by atoms with van der Waals surface area (Å²) in [6.45, 7) is 2.73. The van der Waals surface area contributed by atoms with Crippen LogP contribution in [0.3, 0.4) is 0 Å². The number of halogens is 1. The third kappa shape index (κ3) is 6.09. The van der Waals surface area contributed by atoms with Crippen molar-refractivity contribution in [1.29, 1.82) is 0 Å². The highest BCUT2D eigenvalue weighted by Crippen LogP contribution is 2.33. The molecule has 3 aromatic rings. The molecule has 194 valence electrons. The monoisotopic (exact) mass is 539 g/mol. The zero-order chi connectivity index (χ0) is 25.8. The minimum absolute atomic E-state index is 0.0318. The molecule has 0 aromatic heterocycles. The normalized spacial score (nSPS) is 18.7. The number of piperidine rings is 1. The van der Waals surface area contributed by atoms with E-state index in [1.807, 2.05) is 30.3 Å². The summed E-state index contributed by atoms with van der Waals surface area (Å²) in [4.78, 5) is 15.3. The number of amides is 1. The van der Waals surface area contributed by atoms with Gasteiger partial charge in [0.25, 0.3) is 10.0 Å². The maximum atomic E-state index is 13.5. The second kappa shape index (κ2) is 11.1. The summed E-state index contributed by atoms with van der Waals surface area (Å²) < 4.78 is 34.1. The molecule has 0 radical (unpaired) electrons. The van der Waals surface area contributed by atoms with E-state index in [4.69, 9.17) is 16.3 Å². The van der Waals surface area contributed by atoms with Gasteiger partial charge >= 0.3 is 6.09 Å². The predicted octanol–water partition coefficient (Wildman–Crippen LogP) is 4.85. The molecule has 2 heterocycles. The molecule has 7 nitrogen and oxygen atoms in total. The maximum absolute atomic E-state index is 13.5. The van der Waals surface area contributed by atoms with E-state index in [9.17, 15) is 13.2 Å². The van der Waals surface area contributed by atoms with Gasteiger partial charge < -0.3 is 10.1 Å². The molecule has 2 aliphatic heterocycles. The second-order valence-corrected chi connectivity index (χ2v) is 11.8. The number of ether oxygens (including phenoxy) is 1. The van der Waals surface area contributed by atoms with Crippen molar-refractivity contribution in [2.24, 2.45) is 0 Å². The van der Waals surface area contributed by atoms with Gasteiger partial charge in [-0.3, -0.25) is 9.21 Å². The third-order valence-corrected chi connectivity index (χ3v) is 8.96. The van der Waals surface area contributed by atoms with Gasteiger partial charge in [-0.1, -0.05) is 60.1 Å². The number of benzene rings is 3. The summed E-state index contributed by atoms with van der Waals surface area (Å²) in [5.41, 5.74) is 2.70. The largest absolute Gasteiger partial charge is 0.444 e. The number of anilines is 1. The number of carbonyl (C=O) groups excluding carboxylic acids is 1. The SMILES string of the molecule is O=C(NC1CCN(Cc2ccccc2)CC1)O[C@@H]1Cc2ccccc2N(S(=O)(=O)c2ccc(Cl)cc2)C1. The number of nitrogens with one attached hydrogen (secondary N) is 1. The minimum Gasteiger partial charge on any atom is -0.444 e. The first-order valence-corrected chi connectivity index (χ1v) is 14.3. The Morgan fingerprint density at radius 1 is 0.946 bits per heavy atom. The fourth-order valence-corrected chi connectivity index (χ4v) is 6.65. The number of alkyl carbamates (subject to hydrolysis) is 1. The van der Waals surface area contributed by atoms with Gasteiger partial charge in [0, 0.05) is 37.1 Å². The molecular weight excluding hydrogens is 510 g/mol. The molecular formula is C28H30ClN3O4S. The van der Waals surface area contributed by atoms with Crippen LogP contribution < -0.4 is 9.62 Å². The molecule has 0 saturated carbocycles. The van der Waals surface area contributed by atoms with Crippen LogP contribution in [0.5, 0.6) is 0 Å². The molecule has 1 N–H and O–H groups in total. The van der Waals surface area contributed by atoms with E-state index in [0.717, 1.165) is 38.0 Å². The average molecular weight is 540 g/mol. The Morgan fingerprint density at radius 2 is 1.62 bits per heavy atom. The lowest BCUT2D eigenvalue weighted by atomic mass is 10.0. The number of hydrogen-bond donors (Lipinski definition) is 1. The zero-order valence-electron chi connectivity index (χ0n) is 20.4. The third-order valence-electron chi connectivity index (χ3n) is 6.91. The second-order valence-electron chi connectivity index (χ2n) is 9.53. The summed E-state index contributed by atoms with van der Waals surface area (Å²) in [6, 6.07) is 23.8. The summed E-state index contributed by atoms with van der Waals surface area (Å²) in [5, 5.41) is 3.46. The summed E-state index contributed by atoms with van der Waals surface area (Å²) in [6.07, 6.45) is 1.02. The number of para-hydroxylation sites is 1.